The summed E-state index contributed by atoms with van der Waals surface area (Å²) < 4.78 is 1.86. The van der Waals surface area contributed by atoms with Gasteiger partial charge in [0.15, 0.2) is 0 Å². The van der Waals surface area contributed by atoms with E-state index in [0.717, 1.165) is 38.8 Å². The standard InChI is InChI=1S/C21H13N5.C2H5NO/c22-11-14-1-3-15(4-2-14)16-6-8-26-20(10-16)19(13-25-26)18-9-17-5-7-23-21(17)24-12-18;1-3-2-4/h1-10,12-13H,(H,23,24);2H,1H3,(H,3,4). The molecule has 4 aromatic heterocycles. The quantitative estimate of drug-likeness (QED) is 0.455. The second-order valence-corrected chi connectivity index (χ2v) is 6.54. The van der Waals surface area contributed by atoms with E-state index in [2.05, 4.69) is 38.6 Å². The Hall–Kier alpha value is -4.44. The van der Waals surface area contributed by atoms with E-state index in [1.807, 2.05) is 65.7 Å². The molecule has 0 saturated heterocycles. The van der Waals surface area contributed by atoms with E-state index in [0.29, 0.717) is 12.0 Å². The zero-order valence-corrected chi connectivity index (χ0v) is 16.2. The van der Waals surface area contributed by atoms with Gasteiger partial charge in [-0.3, -0.25) is 4.79 Å². The highest BCUT2D eigenvalue weighted by Gasteiger charge is 2.10. The van der Waals surface area contributed by atoms with Crippen LogP contribution in [0.15, 0.2) is 73.3 Å². The third-order valence-corrected chi connectivity index (χ3v) is 4.70. The lowest BCUT2D eigenvalue weighted by Crippen LogP contribution is -1.98. The van der Waals surface area contributed by atoms with Crippen LogP contribution in [-0.4, -0.2) is 33.0 Å². The van der Waals surface area contributed by atoms with Crippen LogP contribution in [0, 0.1) is 11.3 Å². The zero-order valence-electron chi connectivity index (χ0n) is 16.2. The van der Waals surface area contributed by atoms with Gasteiger partial charge >= 0.3 is 0 Å². The van der Waals surface area contributed by atoms with Gasteiger partial charge in [0.05, 0.1) is 23.3 Å². The minimum Gasteiger partial charge on any atom is -0.362 e. The lowest BCUT2D eigenvalue weighted by molar-refractivity contribution is -0.109. The van der Waals surface area contributed by atoms with Gasteiger partial charge in [0.2, 0.25) is 6.41 Å². The van der Waals surface area contributed by atoms with E-state index in [4.69, 9.17) is 10.1 Å². The second kappa shape index (κ2) is 8.29. The van der Waals surface area contributed by atoms with Crippen molar-refractivity contribution in [3.63, 3.8) is 0 Å². The Bertz CT molecular complexity index is 1360. The number of amides is 1. The molecule has 146 valence electrons. The Morgan fingerprint density at radius 1 is 1.07 bits per heavy atom. The predicted molar refractivity (Wildman–Crippen MR) is 116 cm³/mol. The Balaban J connectivity index is 0.000000503. The molecule has 1 amide bonds. The average Bonchev–Trinajstić information content (AvgIpc) is 3.45. The Morgan fingerprint density at radius 2 is 1.87 bits per heavy atom. The molecule has 0 aliphatic carbocycles. The lowest BCUT2D eigenvalue weighted by Gasteiger charge is -2.05. The number of benzene rings is 1. The molecule has 7 nitrogen and oxygen atoms in total. The van der Waals surface area contributed by atoms with Gasteiger partial charge in [-0.15, -0.1) is 0 Å². The van der Waals surface area contributed by atoms with E-state index in [1.54, 1.807) is 7.05 Å². The second-order valence-electron chi connectivity index (χ2n) is 6.54. The summed E-state index contributed by atoms with van der Waals surface area (Å²) in [7, 11) is 1.56. The molecule has 1 aromatic carbocycles. The van der Waals surface area contributed by atoms with Crippen LogP contribution in [0.25, 0.3) is 38.8 Å². The van der Waals surface area contributed by atoms with Crippen LogP contribution in [0.4, 0.5) is 0 Å². The van der Waals surface area contributed by atoms with Gasteiger partial charge in [0, 0.05) is 42.2 Å². The first kappa shape index (κ1) is 18.9. The molecule has 2 N–H and O–H groups in total. The SMILES string of the molecule is CNC=O.N#Cc1ccc(-c2ccn3ncc(-c4cnc5[nH]ccc5c4)c3c2)cc1. The van der Waals surface area contributed by atoms with E-state index in [1.165, 1.54) is 0 Å². The molecule has 0 bridgehead atoms. The number of hydrogen-bond acceptors (Lipinski definition) is 4. The fourth-order valence-electron chi connectivity index (χ4n) is 3.21. The molecule has 0 aliphatic rings. The monoisotopic (exact) mass is 394 g/mol. The lowest BCUT2D eigenvalue weighted by atomic mass is 10.0. The normalized spacial score (nSPS) is 10.3. The minimum absolute atomic E-state index is 0.625. The summed E-state index contributed by atoms with van der Waals surface area (Å²) in [5.41, 5.74) is 6.77. The van der Waals surface area contributed by atoms with Crippen molar-refractivity contribution in [3.05, 3.63) is 78.9 Å². The van der Waals surface area contributed by atoms with Crippen molar-refractivity contribution in [2.24, 2.45) is 0 Å². The molecule has 0 fully saturated rings. The molecule has 7 heteroatoms. The zero-order chi connectivity index (χ0) is 20.9. The Labute approximate surface area is 172 Å². The largest absolute Gasteiger partial charge is 0.362 e. The van der Waals surface area contributed by atoms with Crippen molar-refractivity contribution in [1.29, 1.82) is 5.26 Å². The van der Waals surface area contributed by atoms with Crippen LogP contribution in [0.2, 0.25) is 0 Å². The summed E-state index contributed by atoms with van der Waals surface area (Å²) >= 11 is 0. The molecule has 0 unspecified atom stereocenters. The van der Waals surface area contributed by atoms with Crippen LogP contribution in [0.1, 0.15) is 5.56 Å². The van der Waals surface area contributed by atoms with Gasteiger partial charge in [0.1, 0.15) is 5.65 Å². The number of fused-ring (bicyclic) bond motifs is 2. The Morgan fingerprint density at radius 3 is 2.60 bits per heavy atom. The summed E-state index contributed by atoms with van der Waals surface area (Å²) in [6.07, 6.45) is 8.20. The summed E-state index contributed by atoms with van der Waals surface area (Å²) in [6.45, 7) is 0. The molecule has 0 radical (unpaired) electrons. The van der Waals surface area contributed by atoms with Crippen molar-refractivity contribution in [2.45, 2.75) is 0 Å². The number of carbonyl (C=O) groups is 1. The van der Waals surface area contributed by atoms with Crippen LogP contribution in [0.5, 0.6) is 0 Å². The molecule has 30 heavy (non-hydrogen) atoms. The highest BCUT2D eigenvalue weighted by Crippen LogP contribution is 2.29. The van der Waals surface area contributed by atoms with Gasteiger partial charge in [0.25, 0.3) is 0 Å². The van der Waals surface area contributed by atoms with E-state index < -0.39 is 0 Å². The van der Waals surface area contributed by atoms with Crippen LogP contribution >= 0.6 is 0 Å². The maximum atomic E-state index is 9.06. The fourth-order valence-corrected chi connectivity index (χ4v) is 3.21. The number of hydrogen-bond donors (Lipinski definition) is 2. The molecule has 0 atom stereocenters. The number of rotatable bonds is 3. The summed E-state index contributed by atoms with van der Waals surface area (Å²) in [5, 5.41) is 16.8. The van der Waals surface area contributed by atoms with Crippen LogP contribution in [-0.2, 0) is 4.79 Å². The molecule has 5 aromatic rings. The fraction of sp³-hybridized carbons (Fsp3) is 0.0435. The number of H-pyrrole nitrogens is 1. The number of nitrogens with zero attached hydrogens (tertiary/aromatic N) is 4. The first-order valence-corrected chi connectivity index (χ1v) is 9.26. The number of nitrogens with one attached hydrogen (secondary N) is 2. The van der Waals surface area contributed by atoms with Crippen molar-refractivity contribution in [3.8, 4) is 28.3 Å². The highest BCUT2D eigenvalue weighted by molar-refractivity contribution is 5.87. The number of aromatic nitrogens is 4. The highest BCUT2D eigenvalue weighted by atomic mass is 16.1. The molecular weight excluding hydrogens is 376 g/mol. The average molecular weight is 394 g/mol. The van der Waals surface area contributed by atoms with Gasteiger partial charge < -0.3 is 10.3 Å². The van der Waals surface area contributed by atoms with Gasteiger partial charge in [-0.25, -0.2) is 9.50 Å². The first-order chi connectivity index (χ1) is 14.7. The third-order valence-electron chi connectivity index (χ3n) is 4.70. The number of aromatic amines is 1. The van der Waals surface area contributed by atoms with Crippen LogP contribution in [0.3, 0.4) is 0 Å². The molecule has 5 rings (SSSR count). The third kappa shape index (κ3) is 3.62. The molecule has 0 aliphatic heterocycles. The number of nitriles is 1. The molecular formula is C23H18N6O. The van der Waals surface area contributed by atoms with Gasteiger partial charge in [-0.1, -0.05) is 12.1 Å². The maximum absolute atomic E-state index is 9.06. The minimum atomic E-state index is 0.625. The number of carbonyl (C=O) groups excluding carboxylic acids is 1. The van der Waals surface area contributed by atoms with Crippen molar-refractivity contribution in [2.75, 3.05) is 7.05 Å². The van der Waals surface area contributed by atoms with Gasteiger partial charge in [-0.2, -0.15) is 10.4 Å². The summed E-state index contributed by atoms with van der Waals surface area (Å²) in [5.74, 6) is 0. The van der Waals surface area contributed by atoms with Crippen molar-refractivity contribution < 1.29 is 4.79 Å². The van der Waals surface area contributed by atoms with Gasteiger partial charge in [-0.05, 0) is 47.5 Å². The topological polar surface area (TPSA) is 98.9 Å². The van der Waals surface area contributed by atoms with E-state index >= 15 is 0 Å². The predicted octanol–water partition coefficient (Wildman–Crippen LogP) is 3.78. The summed E-state index contributed by atoms with van der Waals surface area (Å²) in [6, 6.07) is 18.0. The van der Waals surface area contributed by atoms with Crippen molar-refractivity contribution >= 4 is 23.0 Å². The first-order valence-electron chi connectivity index (χ1n) is 9.26. The molecule has 0 saturated carbocycles. The maximum Gasteiger partial charge on any atom is 0.206 e. The number of pyridine rings is 2. The summed E-state index contributed by atoms with van der Waals surface area (Å²) in [4.78, 5) is 16.7. The Kier molecular flexibility index (Phi) is 5.22. The smallest absolute Gasteiger partial charge is 0.206 e. The van der Waals surface area contributed by atoms with E-state index in [-0.39, 0.29) is 0 Å². The van der Waals surface area contributed by atoms with Crippen LogP contribution < -0.4 is 5.32 Å². The molecule has 4 heterocycles. The van der Waals surface area contributed by atoms with Crippen molar-refractivity contribution in [1.82, 2.24) is 24.9 Å². The molecule has 0 spiro atoms. The van der Waals surface area contributed by atoms with E-state index in [9.17, 15) is 0 Å².